The molecule has 3 heteroatoms. The second-order valence-electron chi connectivity index (χ2n) is 3.70. The first-order chi connectivity index (χ1) is 6.93. The molecule has 1 heterocycles. The van der Waals surface area contributed by atoms with Gasteiger partial charge in [0.05, 0.1) is 0 Å². The van der Waals surface area contributed by atoms with Crippen molar-refractivity contribution in [3.8, 4) is 0 Å². The van der Waals surface area contributed by atoms with Gasteiger partial charge >= 0.3 is 0 Å². The second kappa shape index (κ2) is 8.33. The van der Waals surface area contributed by atoms with Crippen LogP contribution in [0.4, 0.5) is 0 Å². The third-order valence-electron chi connectivity index (χ3n) is 2.49. The lowest BCUT2D eigenvalue weighted by Gasteiger charge is -2.15. The van der Waals surface area contributed by atoms with Gasteiger partial charge in [-0.2, -0.15) is 11.8 Å². The van der Waals surface area contributed by atoms with E-state index in [2.05, 4.69) is 17.2 Å². The highest BCUT2D eigenvalue weighted by molar-refractivity contribution is 7.99. The maximum absolute atomic E-state index is 3.71. The number of rotatable bonds is 6. The van der Waals surface area contributed by atoms with E-state index in [-0.39, 0.29) is 0 Å². The molecule has 0 bridgehead atoms. The highest BCUT2D eigenvalue weighted by atomic mass is 32.2. The maximum atomic E-state index is 3.71. The summed E-state index contributed by atoms with van der Waals surface area (Å²) in [6.07, 6.45) is 5.91. The predicted octanol–water partition coefficient (Wildman–Crippen LogP) is 1.64. The summed E-state index contributed by atoms with van der Waals surface area (Å²) in [5.41, 5.74) is 0. The quantitative estimate of drug-likeness (QED) is 0.519. The van der Waals surface area contributed by atoms with E-state index < -0.39 is 0 Å². The van der Waals surface area contributed by atoms with Gasteiger partial charge in [-0.05, 0) is 32.4 Å². The fourth-order valence-electron chi connectivity index (χ4n) is 1.73. The molecule has 1 unspecified atom stereocenters. The number of hydrogen-bond acceptors (Lipinski definition) is 3. The Hall–Kier alpha value is 0.01000. The maximum Gasteiger partial charge on any atom is 0.0111 e. The van der Waals surface area contributed by atoms with E-state index in [1.807, 2.05) is 17.8 Å². The van der Waals surface area contributed by atoms with Gasteiger partial charge in [-0.25, -0.2) is 0 Å². The van der Waals surface area contributed by atoms with Crippen LogP contribution in [-0.2, 0) is 0 Å². The molecular formula is C11H22N2S. The van der Waals surface area contributed by atoms with Crippen LogP contribution in [0.5, 0.6) is 0 Å². The molecule has 0 radical (unpaired) electrons. The van der Waals surface area contributed by atoms with Crippen molar-refractivity contribution in [3.63, 3.8) is 0 Å². The van der Waals surface area contributed by atoms with Crippen LogP contribution in [0.3, 0.4) is 0 Å². The van der Waals surface area contributed by atoms with E-state index in [9.17, 15) is 0 Å². The average molecular weight is 214 g/mol. The molecule has 0 aromatic heterocycles. The molecule has 1 atom stereocenters. The minimum absolute atomic E-state index is 0.745. The summed E-state index contributed by atoms with van der Waals surface area (Å²) in [4.78, 5) is 0. The Kier molecular flexibility index (Phi) is 7.19. The molecule has 1 saturated heterocycles. The second-order valence-corrected chi connectivity index (χ2v) is 4.85. The summed E-state index contributed by atoms with van der Waals surface area (Å²) < 4.78 is 0. The first-order valence-electron chi connectivity index (χ1n) is 5.56. The fraction of sp³-hybridized carbons (Fsp3) is 0.818. The van der Waals surface area contributed by atoms with Crippen molar-refractivity contribution in [2.24, 2.45) is 0 Å². The van der Waals surface area contributed by atoms with Gasteiger partial charge < -0.3 is 10.6 Å². The molecular weight excluding hydrogens is 192 g/mol. The summed E-state index contributed by atoms with van der Waals surface area (Å²) in [5, 5.41) is 7.05. The lowest BCUT2D eigenvalue weighted by molar-refractivity contribution is 0.484. The first kappa shape index (κ1) is 12.1. The Morgan fingerprint density at radius 1 is 1.43 bits per heavy atom. The van der Waals surface area contributed by atoms with Crippen molar-refractivity contribution >= 4 is 11.8 Å². The molecule has 1 rings (SSSR count). The predicted molar refractivity (Wildman–Crippen MR) is 66.0 cm³/mol. The highest BCUT2D eigenvalue weighted by Gasteiger charge is 2.09. The lowest BCUT2D eigenvalue weighted by atomic mass is 10.1. The minimum Gasteiger partial charge on any atom is -0.317 e. The monoisotopic (exact) mass is 214 g/mol. The van der Waals surface area contributed by atoms with Gasteiger partial charge in [-0.1, -0.05) is 6.08 Å². The average Bonchev–Trinajstić information content (AvgIpc) is 2.46. The topological polar surface area (TPSA) is 24.1 Å². The summed E-state index contributed by atoms with van der Waals surface area (Å²) in [7, 11) is 0. The van der Waals surface area contributed by atoms with Crippen molar-refractivity contribution in [3.05, 3.63) is 12.7 Å². The number of thioether (sulfide) groups is 1. The van der Waals surface area contributed by atoms with Gasteiger partial charge in [0.2, 0.25) is 0 Å². The van der Waals surface area contributed by atoms with Crippen molar-refractivity contribution in [2.75, 3.05) is 31.1 Å². The number of hydrogen-bond donors (Lipinski definition) is 2. The van der Waals surface area contributed by atoms with Crippen molar-refractivity contribution < 1.29 is 0 Å². The molecule has 0 aromatic rings. The Bertz CT molecular complexity index is 142. The zero-order valence-corrected chi connectivity index (χ0v) is 9.74. The van der Waals surface area contributed by atoms with Gasteiger partial charge in [0.25, 0.3) is 0 Å². The molecule has 0 amide bonds. The Labute approximate surface area is 91.9 Å². The standard InChI is InChI=1S/C11H22N2S/c1-2-9-14-10-8-13-11-4-3-6-12-7-5-11/h2,11-13H,1,3-10H2. The van der Waals surface area contributed by atoms with Gasteiger partial charge in [-0.3, -0.25) is 0 Å². The largest absolute Gasteiger partial charge is 0.317 e. The Balaban J connectivity index is 1.96. The molecule has 0 spiro atoms. The molecule has 82 valence electrons. The summed E-state index contributed by atoms with van der Waals surface area (Å²) >= 11 is 1.95. The summed E-state index contributed by atoms with van der Waals surface area (Å²) in [5.74, 6) is 2.28. The molecule has 0 saturated carbocycles. The van der Waals surface area contributed by atoms with Gasteiger partial charge in [0.1, 0.15) is 0 Å². The van der Waals surface area contributed by atoms with E-state index in [1.54, 1.807) is 0 Å². The zero-order valence-electron chi connectivity index (χ0n) is 8.93. The number of nitrogens with one attached hydrogen (secondary N) is 2. The van der Waals surface area contributed by atoms with Crippen molar-refractivity contribution in [1.82, 2.24) is 10.6 Å². The fourth-order valence-corrected chi connectivity index (χ4v) is 2.32. The SMILES string of the molecule is C=CCSCCNC1CCCNCC1. The van der Waals surface area contributed by atoms with Crippen LogP contribution in [0.1, 0.15) is 19.3 Å². The van der Waals surface area contributed by atoms with Gasteiger partial charge in [0, 0.05) is 24.1 Å². The van der Waals surface area contributed by atoms with Crippen LogP contribution in [0.15, 0.2) is 12.7 Å². The molecule has 14 heavy (non-hydrogen) atoms. The Morgan fingerprint density at radius 2 is 2.36 bits per heavy atom. The molecule has 2 N–H and O–H groups in total. The van der Waals surface area contributed by atoms with Crippen molar-refractivity contribution in [2.45, 2.75) is 25.3 Å². The van der Waals surface area contributed by atoms with Gasteiger partial charge in [0.15, 0.2) is 0 Å². The van der Waals surface area contributed by atoms with Crippen LogP contribution in [0.2, 0.25) is 0 Å². The molecule has 0 aliphatic carbocycles. The third kappa shape index (κ3) is 5.68. The molecule has 2 nitrogen and oxygen atoms in total. The Morgan fingerprint density at radius 3 is 3.21 bits per heavy atom. The lowest BCUT2D eigenvalue weighted by Crippen LogP contribution is -2.31. The van der Waals surface area contributed by atoms with Crippen molar-refractivity contribution in [1.29, 1.82) is 0 Å². The smallest absolute Gasteiger partial charge is 0.0111 e. The van der Waals surface area contributed by atoms with E-state index in [0.717, 1.165) is 18.3 Å². The molecule has 1 aliphatic heterocycles. The molecule has 0 aromatic carbocycles. The molecule has 1 fully saturated rings. The van der Waals surface area contributed by atoms with Crippen LogP contribution >= 0.6 is 11.8 Å². The highest BCUT2D eigenvalue weighted by Crippen LogP contribution is 2.05. The first-order valence-corrected chi connectivity index (χ1v) is 6.71. The van der Waals surface area contributed by atoms with E-state index in [1.165, 1.54) is 38.1 Å². The van der Waals surface area contributed by atoms with Gasteiger partial charge in [-0.15, -0.1) is 6.58 Å². The minimum atomic E-state index is 0.745. The van der Waals surface area contributed by atoms with E-state index in [0.29, 0.717) is 0 Å². The van der Waals surface area contributed by atoms with Crippen LogP contribution in [-0.4, -0.2) is 37.2 Å². The summed E-state index contributed by atoms with van der Waals surface area (Å²) in [6.45, 7) is 7.23. The van der Waals surface area contributed by atoms with Crippen LogP contribution in [0, 0.1) is 0 Å². The normalized spacial score (nSPS) is 23.0. The van der Waals surface area contributed by atoms with E-state index >= 15 is 0 Å². The van der Waals surface area contributed by atoms with Crippen LogP contribution in [0.25, 0.3) is 0 Å². The summed E-state index contributed by atoms with van der Waals surface area (Å²) in [6, 6.07) is 0.745. The zero-order chi connectivity index (χ0) is 10.1. The molecule has 1 aliphatic rings. The van der Waals surface area contributed by atoms with E-state index in [4.69, 9.17) is 0 Å². The van der Waals surface area contributed by atoms with Crippen LogP contribution < -0.4 is 10.6 Å². The third-order valence-corrected chi connectivity index (χ3v) is 3.46.